The van der Waals surface area contributed by atoms with Gasteiger partial charge in [0.15, 0.2) is 0 Å². The van der Waals surface area contributed by atoms with Crippen molar-refractivity contribution in [3.05, 3.63) is 48.2 Å². The van der Waals surface area contributed by atoms with Gasteiger partial charge < -0.3 is 5.32 Å². The molecule has 2 aliphatic rings. The molecule has 2 rings (SSSR count). The Hall–Kier alpha value is -1.24. The molecule has 0 aromatic rings. The fourth-order valence-corrected chi connectivity index (χ4v) is 1.62. The summed E-state index contributed by atoms with van der Waals surface area (Å²) in [5.74, 6) is 0. The lowest BCUT2D eigenvalue weighted by Gasteiger charge is -2.18. The zero-order valence-electron chi connectivity index (χ0n) is 7.74. The van der Waals surface area contributed by atoms with Crippen molar-refractivity contribution in [1.29, 1.82) is 0 Å². The predicted molar refractivity (Wildman–Crippen MR) is 56.3 cm³/mol. The summed E-state index contributed by atoms with van der Waals surface area (Å²) in [5, 5.41) is 3.49. The van der Waals surface area contributed by atoms with Gasteiger partial charge >= 0.3 is 0 Å². The maximum Gasteiger partial charge on any atom is 0.0481 e. The summed E-state index contributed by atoms with van der Waals surface area (Å²) in [6.45, 7) is 0. The third-order valence-electron chi connectivity index (χ3n) is 2.33. The van der Waals surface area contributed by atoms with Gasteiger partial charge in [-0.25, -0.2) is 0 Å². The second-order valence-corrected chi connectivity index (χ2v) is 3.44. The van der Waals surface area contributed by atoms with Crippen LogP contribution in [0.15, 0.2) is 48.2 Å². The molecule has 13 heavy (non-hydrogen) atoms. The van der Waals surface area contributed by atoms with E-state index in [9.17, 15) is 0 Å². The molecule has 1 N–H and O–H groups in total. The Morgan fingerprint density at radius 2 is 2.15 bits per heavy atom. The molecular weight excluding hydrogens is 158 g/mol. The van der Waals surface area contributed by atoms with Gasteiger partial charge in [0.2, 0.25) is 0 Å². The van der Waals surface area contributed by atoms with Gasteiger partial charge in [0.25, 0.3) is 0 Å². The van der Waals surface area contributed by atoms with Crippen LogP contribution >= 0.6 is 0 Å². The van der Waals surface area contributed by atoms with Gasteiger partial charge in [0.1, 0.15) is 0 Å². The zero-order chi connectivity index (χ0) is 8.93. The zero-order valence-corrected chi connectivity index (χ0v) is 7.74. The normalized spacial score (nSPS) is 25.8. The maximum absolute atomic E-state index is 3.49. The Bertz CT molecular complexity index is 281. The lowest BCUT2D eigenvalue weighted by molar-refractivity contribution is 0.678. The van der Waals surface area contributed by atoms with Crippen LogP contribution in [0.1, 0.15) is 19.3 Å². The van der Waals surface area contributed by atoms with E-state index < -0.39 is 0 Å². The van der Waals surface area contributed by atoms with E-state index >= 15 is 0 Å². The quantitative estimate of drug-likeness (QED) is 0.677. The second-order valence-electron chi connectivity index (χ2n) is 3.44. The van der Waals surface area contributed by atoms with Gasteiger partial charge in [-0.3, -0.25) is 0 Å². The molecular formula is C12H15N. The summed E-state index contributed by atoms with van der Waals surface area (Å²) >= 11 is 0. The van der Waals surface area contributed by atoms with Crippen molar-refractivity contribution in [3.8, 4) is 0 Å². The third kappa shape index (κ3) is 2.35. The second kappa shape index (κ2) is 4.13. The third-order valence-corrected chi connectivity index (χ3v) is 2.33. The molecule has 0 radical (unpaired) electrons. The molecule has 0 aliphatic heterocycles. The number of rotatable bonds is 2. The minimum atomic E-state index is 0.485. The van der Waals surface area contributed by atoms with Crippen LogP contribution in [0.25, 0.3) is 0 Å². The van der Waals surface area contributed by atoms with Crippen LogP contribution in [-0.4, -0.2) is 6.04 Å². The van der Waals surface area contributed by atoms with Crippen LogP contribution < -0.4 is 5.32 Å². The first-order valence-corrected chi connectivity index (χ1v) is 4.92. The van der Waals surface area contributed by atoms with E-state index in [-0.39, 0.29) is 0 Å². The molecule has 1 atom stereocenters. The van der Waals surface area contributed by atoms with E-state index in [2.05, 4.69) is 47.8 Å². The highest BCUT2D eigenvalue weighted by Crippen LogP contribution is 2.10. The van der Waals surface area contributed by atoms with Crippen LogP contribution in [0, 0.1) is 0 Å². The largest absolute Gasteiger partial charge is 0.379 e. The topological polar surface area (TPSA) is 12.0 Å². The van der Waals surface area contributed by atoms with Crippen LogP contribution in [0.3, 0.4) is 0 Å². The molecule has 0 heterocycles. The van der Waals surface area contributed by atoms with Crippen molar-refractivity contribution in [1.82, 2.24) is 5.32 Å². The molecule has 0 spiro atoms. The molecule has 2 aliphatic carbocycles. The van der Waals surface area contributed by atoms with Crippen molar-refractivity contribution in [3.63, 3.8) is 0 Å². The van der Waals surface area contributed by atoms with Crippen LogP contribution in [0.2, 0.25) is 0 Å². The Labute approximate surface area is 79.5 Å². The molecule has 0 bridgehead atoms. The average Bonchev–Trinajstić information content (AvgIpc) is 2.21. The van der Waals surface area contributed by atoms with E-state index in [0.717, 1.165) is 6.42 Å². The first kappa shape index (κ1) is 8.36. The van der Waals surface area contributed by atoms with Crippen LogP contribution in [-0.2, 0) is 0 Å². The molecule has 1 unspecified atom stereocenters. The highest BCUT2D eigenvalue weighted by atomic mass is 14.9. The fraction of sp³-hybridized carbons (Fsp3) is 0.333. The van der Waals surface area contributed by atoms with Crippen molar-refractivity contribution in [2.75, 3.05) is 0 Å². The number of nitrogens with one attached hydrogen (secondary N) is 1. The van der Waals surface area contributed by atoms with E-state index in [1.807, 2.05) is 0 Å². The number of hydrogen-bond donors (Lipinski definition) is 1. The number of allylic oxidation sites excluding steroid dienone is 5. The molecule has 68 valence electrons. The lowest BCUT2D eigenvalue weighted by Crippen LogP contribution is -2.26. The highest BCUT2D eigenvalue weighted by molar-refractivity contribution is 5.24. The number of hydrogen-bond acceptors (Lipinski definition) is 1. The van der Waals surface area contributed by atoms with Crippen molar-refractivity contribution in [2.24, 2.45) is 0 Å². The first-order chi connectivity index (χ1) is 6.45. The van der Waals surface area contributed by atoms with Gasteiger partial charge in [-0.15, -0.1) is 0 Å². The minimum absolute atomic E-state index is 0.485. The van der Waals surface area contributed by atoms with Gasteiger partial charge in [0.05, 0.1) is 0 Å². The minimum Gasteiger partial charge on any atom is -0.379 e. The van der Waals surface area contributed by atoms with Crippen LogP contribution in [0.4, 0.5) is 0 Å². The van der Waals surface area contributed by atoms with E-state index in [0.29, 0.717) is 6.04 Å². The van der Waals surface area contributed by atoms with E-state index in [4.69, 9.17) is 0 Å². The highest BCUT2D eigenvalue weighted by Gasteiger charge is 2.05. The predicted octanol–water partition coefficient (Wildman–Crippen LogP) is 2.69. The molecule has 0 aromatic carbocycles. The summed E-state index contributed by atoms with van der Waals surface area (Å²) in [7, 11) is 0. The molecule has 1 nitrogen and oxygen atoms in total. The Morgan fingerprint density at radius 1 is 1.15 bits per heavy atom. The summed E-state index contributed by atoms with van der Waals surface area (Å²) in [5.41, 5.74) is 1.27. The monoisotopic (exact) mass is 173 g/mol. The maximum atomic E-state index is 3.49. The Balaban J connectivity index is 1.90. The molecule has 0 aromatic heterocycles. The van der Waals surface area contributed by atoms with Gasteiger partial charge in [-0.2, -0.15) is 0 Å². The lowest BCUT2D eigenvalue weighted by atomic mass is 10.1. The Kier molecular flexibility index (Phi) is 2.65. The molecule has 0 fully saturated rings. The smallest absolute Gasteiger partial charge is 0.0481 e. The van der Waals surface area contributed by atoms with E-state index in [1.54, 1.807) is 0 Å². The Morgan fingerprint density at radius 3 is 2.85 bits per heavy atom. The fourth-order valence-electron chi connectivity index (χ4n) is 1.62. The van der Waals surface area contributed by atoms with Crippen LogP contribution in [0.5, 0.6) is 0 Å². The average molecular weight is 173 g/mol. The van der Waals surface area contributed by atoms with Crippen molar-refractivity contribution < 1.29 is 0 Å². The van der Waals surface area contributed by atoms with E-state index in [1.165, 1.54) is 18.5 Å². The first-order valence-electron chi connectivity index (χ1n) is 4.92. The molecule has 0 saturated carbocycles. The standard InChI is InChI=1S/C12H15N/c1-3-7-11(8-4-1)13-12-9-5-2-6-10-12/h1,3-5,7,9-11,13H,2,6,8H2. The summed E-state index contributed by atoms with van der Waals surface area (Å²) in [6, 6.07) is 0.485. The van der Waals surface area contributed by atoms with Gasteiger partial charge in [-0.1, -0.05) is 36.5 Å². The van der Waals surface area contributed by atoms with Gasteiger partial charge in [0, 0.05) is 11.7 Å². The summed E-state index contributed by atoms with van der Waals surface area (Å²) in [6.07, 6.45) is 18.7. The SMILES string of the molecule is C1=CCC(NC2=CCCC=C2)C=C1. The molecule has 0 saturated heterocycles. The van der Waals surface area contributed by atoms with Crippen molar-refractivity contribution >= 4 is 0 Å². The van der Waals surface area contributed by atoms with Crippen molar-refractivity contribution in [2.45, 2.75) is 25.3 Å². The summed E-state index contributed by atoms with van der Waals surface area (Å²) in [4.78, 5) is 0. The molecule has 0 amide bonds. The summed E-state index contributed by atoms with van der Waals surface area (Å²) < 4.78 is 0. The van der Waals surface area contributed by atoms with Gasteiger partial charge in [-0.05, 0) is 25.3 Å². The molecule has 1 heteroatoms.